The van der Waals surface area contributed by atoms with Crippen LogP contribution in [0.25, 0.3) is 0 Å². The maximum atomic E-state index is 10.5. The van der Waals surface area contributed by atoms with Gasteiger partial charge in [0.05, 0.1) is 13.1 Å². The number of nitrogens with zero attached hydrogens (tertiary/aromatic N) is 2. The van der Waals surface area contributed by atoms with Crippen LogP contribution in [-0.4, -0.2) is 10.5 Å². The van der Waals surface area contributed by atoms with E-state index in [1.54, 1.807) is 0 Å². The van der Waals surface area contributed by atoms with Crippen molar-refractivity contribution in [1.29, 1.82) is 0 Å². The first kappa shape index (κ1) is 15.7. The van der Waals surface area contributed by atoms with E-state index < -0.39 is 5.97 Å². The number of carbonyl (C=O) groups excluding carboxylic acids is 1. The second kappa shape index (κ2) is 8.73. The van der Waals surface area contributed by atoms with Crippen molar-refractivity contribution in [3.05, 3.63) is 18.2 Å². The Morgan fingerprint density at radius 2 is 2.00 bits per heavy atom. The van der Waals surface area contributed by atoms with Crippen LogP contribution < -0.4 is 9.67 Å². The van der Waals surface area contributed by atoms with Gasteiger partial charge in [-0.3, -0.25) is 0 Å². The molecular weight excluding hydrogens is 240 g/mol. The molecule has 1 aromatic heterocycles. The summed E-state index contributed by atoms with van der Waals surface area (Å²) in [6.45, 7) is 6.22. The zero-order chi connectivity index (χ0) is 14.1. The second-order valence-corrected chi connectivity index (χ2v) is 5.03. The molecule has 4 heteroatoms. The summed E-state index contributed by atoms with van der Waals surface area (Å²) < 4.78 is 4.52. The average Bonchev–Trinajstić information content (AvgIpc) is 2.76. The van der Waals surface area contributed by atoms with Crippen LogP contribution in [0, 0.1) is 0 Å². The van der Waals surface area contributed by atoms with Gasteiger partial charge >= 0.3 is 0 Å². The number of carbonyl (C=O) groups is 1. The van der Waals surface area contributed by atoms with Gasteiger partial charge in [0, 0.05) is 12.4 Å². The van der Waals surface area contributed by atoms with Gasteiger partial charge in [0.2, 0.25) is 0 Å². The van der Waals surface area contributed by atoms with Crippen LogP contribution in [0.2, 0.25) is 0 Å². The van der Waals surface area contributed by atoms with Crippen molar-refractivity contribution in [2.24, 2.45) is 0 Å². The number of hydrogen-bond donors (Lipinski definition) is 0. The summed E-state index contributed by atoms with van der Waals surface area (Å²) in [5.74, 6) is 0.370. The Bertz CT molecular complexity index is 385. The number of aromatic nitrogens is 2. The molecule has 108 valence electrons. The van der Waals surface area contributed by atoms with Crippen LogP contribution in [0.4, 0.5) is 0 Å². The van der Waals surface area contributed by atoms with E-state index in [9.17, 15) is 9.90 Å². The number of rotatable bonds is 10. The van der Waals surface area contributed by atoms with Gasteiger partial charge in [-0.15, -0.1) is 0 Å². The zero-order valence-electron chi connectivity index (χ0n) is 12.2. The highest BCUT2D eigenvalue weighted by atomic mass is 16.4. The molecule has 0 radical (unpaired) electrons. The van der Waals surface area contributed by atoms with Crippen molar-refractivity contribution in [1.82, 2.24) is 4.57 Å². The molecular formula is C15H26N2O2. The zero-order valence-corrected chi connectivity index (χ0v) is 12.2. The van der Waals surface area contributed by atoms with Gasteiger partial charge in [-0.25, -0.2) is 9.13 Å². The van der Waals surface area contributed by atoms with Crippen LogP contribution in [0.3, 0.4) is 0 Å². The molecule has 0 amide bonds. The van der Waals surface area contributed by atoms with Gasteiger partial charge in [0.1, 0.15) is 12.4 Å². The molecule has 0 fully saturated rings. The van der Waals surface area contributed by atoms with Gasteiger partial charge < -0.3 is 9.90 Å². The molecule has 0 spiro atoms. The van der Waals surface area contributed by atoms with Crippen molar-refractivity contribution >= 4 is 5.97 Å². The number of aliphatic carboxylic acids is 1. The Labute approximate surface area is 116 Å². The maximum absolute atomic E-state index is 10.5. The van der Waals surface area contributed by atoms with Crippen molar-refractivity contribution in [3.8, 4) is 0 Å². The molecule has 1 aromatic rings. The molecule has 0 aliphatic carbocycles. The molecule has 0 aromatic carbocycles. The molecule has 0 atom stereocenters. The van der Waals surface area contributed by atoms with E-state index in [0.29, 0.717) is 6.42 Å². The van der Waals surface area contributed by atoms with Crippen molar-refractivity contribution in [2.45, 2.75) is 71.9 Å². The van der Waals surface area contributed by atoms with E-state index in [1.807, 2.05) is 0 Å². The fourth-order valence-corrected chi connectivity index (χ4v) is 2.25. The lowest BCUT2D eigenvalue weighted by atomic mass is 10.2. The van der Waals surface area contributed by atoms with Crippen LogP contribution in [-0.2, 0) is 24.3 Å². The van der Waals surface area contributed by atoms with E-state index in [4.69, 9.17) is 0 Å². The molecule has 4 nitrogen and oxygen atoms in total. The highest BCUT2D eigenvalue weighted by Crippen LogP contribution is 2.05. The quantitative estimate of drug-likeness (QED) is 0.602. The Morgan fingerprint density at radius 1 is 1.26 bits per heavy atom. The molecule has 1 rings (SSSR count). The number of hydrogen-bond acceptors (Lipinski definition) is 2. The number of imidazole rings is 1. The Kier molecular flexibility index (Phi) is 7.23. The lowest BCUT2D eigenvalue weighted by Gasteiger charge is -2.05. The molecule has 0 aliphatic heterocycles. The van der Waals surface area contributed by atoms with E-state index in [2.05, 4.69) is 35.4 Å². The van der Waals surface area contributed by atoms with Gasteiger partial charge in [0.25, 0.3) is 5.82 Å². The largest absolute Gasteiger partial charge is 0.550 e. The third kappa shape index (κ3) is 5.45. The topological polar surface area (TPSA) is 48.9 Å². The number of carboxylic acid groups (broad SMARTS) is 1. The van der Waals surface area contributed by atoms with Gasteiger partial charge in [-0.05, 0) is 25.7 Å². The van der Waals surface area contributed by atoms with Crippen LogP contribution in [0.1, 0.15) is 58.2 Å². The maximum Gasteiger partial charge on any atom is 0.256 e. The number of carboxylic acids is 1. The Hall–Kier alpha value is -1.32. The standard InChI is InChI=1S/C15H26N2O2/c1-3-5-8-14-16(10-6-4-2)12-13-17(14)11-7-9-15(18)19/h12-13H,3-11H2,1-2H3. The summed E-state index contributed by atoms with van der Waals surface area (Å²) in [5, 5.41) is 10.5. The number of aryl methyl sites for hydroxylation is 2. The third-order valence-corrected chi connectivity index (χ3v) is 3.38. The summed E-state index contributed by atoms with van der Waals surface area (Å²) in [5.41, 5.74) is 0. The molecule has 0 bridgehead atoms. The Morgan fingerprint density at radius 3 is 2.63 bits per heavy atom. The lowest BCUT2D eigenvalue weighted by Crippen LogP contribution is -2.38. The summed E-state index contributed by atoms with van der Waals surface area (Å²) >= 11 is 0. The normalized spacial score (nSPS) is 10.8. The van der Waals surface area contributed by atoms with Crippen molar-refractivity contribution < 1.29 is 14.5 Å². The average molecular weight is 266 g/mol. The third-order valence-electron chi connectivity index (χ3n) is 3.38. The fraction of sp³-hybridized carbons (Fsp3) is 0.733. The number of unbranched alkanes of at least 4 members (excludes halogenated alkanes) is 2. The van der Waals surface area contributed by atoms with Gasteiger partial charge in [-0.2, -0.15) is 0 Å². The minimum Gasteiger partial charge on any atom is -0.550 e. The monoisotopic (exact) mass is 266 g/mol. The highest BCUT2D eigenvalue weighted by molar-refractivity contribution is 5.63. The molecule has 19 heavy (non-hydrogen) atoms. The first-order valence-electron chi connectivity index (χ1n) is 7.46. The molecule has 1 heterocycles. The Balaban J connectivity index is 2.66. The molecule has 0 saturated heterocycles. The summed E-state index contributed by atoms with van der Waals surface area (Å²) in [6, 6.07) is 0. The van der Waals surface area contributed by atoms with E-state index in [0.717, 1.165) is 19.5 Å². The molecule has 0 saturated carbocycles. The van der Waals surface area contributed by atoms with E-state index >= 15 is 0 Å². The van der Waals surface area contributed by atoms with Crippen LogP contribution in [0.5, 0.6) is 0 Å². The fourth-order valence-electron chi connectivity index (χ4n) is 2.25. The van der Waals surface area contributed by atoms with Crippen molar-refractivity contribution in [3.63, 3.8) is 0 Å². The smallest absolute Gasteiger partial charge is 0.256 e. The first-order valence-corrected chi connectivity index (χ1v) is 7.46. The van der Waals surface area contributed by atoms with Gasteiger partial charge in [-0.1, -0.05) is 26.7 Å². The van der Waals surface area contributed by atoms with Crippen LogP contribution >= 0.6 is 0 Å². The second-order valence-electron chi connectivity index (χ2n) is 5.03. The SMILES string of the molecule is CCCCc1n(CCCC)cc[n+]1CCCC(=O)[O-]. The predicted octanol–water partition coefficient (Wildman–Crippen LogP) is 1.45. The van der Waals surface area contributed by atoms with E-state index in [1.165, 1.54) is 31.5 Å². The van der Waals surface area contributed by atoms with E-state index in [-0.39, 0.29) is 6.42 Å². The minimum absolute atomic E-state index is 0.139. The minimum atomic E-state index is -0.957. The first-order chi connectivity index (χ1) is 9.19. The summed E-state index contributed by atoms with van der Waals surface area (Å²) in [4.78, 5) is 10.5. The van der Waals surface area contributed by atoms with Gasteiger partial charge in [0.15, 0.2) is 0 Å². The molecule has 0 aliphatic rings. The molecule has 0 N–H and O–H groups in total. The highest BCUT2D eigenvalue weighted by Gasteiger charge is 2.15. The molecule has 0 unspecified atom stereocenters. The lowest BCUT2D eigenvalue weighted by molar-refractivity contribution is -0.704. The predicted molar refractivity (Wildman–Crippen MR) is 72.4 cm³/mol. The summed E-state index contributed by atoms with van der Waals surface area (Å²) in [7, 11) is 0. The summed E-state index contributed by atoms with van der Waals surface area (Å²) in [6.07, 6.45) is 10.8. The van der Waals surface area contributed by atoms with Crippen molar-refractivity contribution in [2.75, 3.05) is 0 Å². The van der Waals surface area contributed by atoms with Crippen LogP contribution in [0.15, 0.2) is 12.4 Å².